The first-order chi connectivity index (χ1) is 17.7. The number of carbonyl (C=O) groups is 1. The van der Waals surface area contributed by atoms with Crippen LogP contribution >= 0.6 is 0 Å². The summed E-state index contributed by atoms with van der Waals surface area (Å²) in [6.45, 7) is 2.59. The van der Waals surface area contributed by atoms with Crippen LogP contribution in [0.1, 0.15) is 66.8 Å². The fourth-order valence-electron chi connectivity index (χ4n) is 5.52. The van der Waals surface area contributed by atoms with Crippen LogP contribution in [0.3, 0.4) is 0 Å². The van der Waals surface area contributed by atoms with E-state index in [0.717, 1.165) is 28.0 Å². The number of alkyl halides is 2. The van der Waals surface area contributed by atoms with Gasteiger partial charge in [-0.15, -0.1) is 0 Å². The summed E-state index contributed by atoms with van der Waals surface area (Å²) in [4.78, 5) is 28.7. The number of fused-ring (bicyclic) bond motifs is 9. The summed E-state index contributed by atoms with van der Waals surface area (Å²) in [5.41, 5.74) is 2.82. The molecule has 1 amide bonds. The molecule has 2 atom stereocenters. The molecule has 8 nitrogen and oxygen atoms in total. The third-order valence-electron chi connectivity index (χ3n) is 7.13. The maximum atomic E-state index is 13.5. The number of nitrogens with zero attached hydrogens (tertiary/aromatic N) is 5. The van der Waals surface area contributed by atoms with Gasteiger partial charge >= 0.3 is 6.61 Å². The molecule has 2 aromatic heterocycles. The van der Waals surface area contributed by atoms with E-state index in [4.69, 9.17) is 9.72 Å². The fraction of sp³-hybridized carbons (Fsp3) is 0.333. The number of halogens is 2. The van der Waals surface area contributed by atoms with Gasteiger partial charge in [0.05, 0.1) is 23.1 Å². The summed E-state index contributed by atoms with van der Waals surface area (Å²) >= 11 is 0. The molecule has 0 aliphatic carbocycles. The molecule has 4 aromatic rings. The summed E-state index contributed by atoms with van der Waals surface area (Å²) in [6, 6.07) is 9.82. The van der Waals surface area contributed by atoms with E-state index in [2.05, 4.69) is 9.97 Å². The lowest BCUT2D eigenvalue weighted by molar-refractivity contribution is -0.0507. The van der Waals surface area contributed by atoms with Gasteiger partial charge in [-0.1, -0.05) is 12.1 Å². The van der Waals surface area contributed by atoms with E-state index in [1.165, 1.54) is 6.07 Å². The van der Waals surface area contributed by atoms with Crippen molar-refractivity contribution >= 4 is 16.9 Å². The molecule has 0 unspecified atom stereocenters. The fourth-order valence-corrected chi connectivity index (χ4v) is 5.52. The summed E-state index contributed by atoms with van der Waals surface area (Å²) in [5.74, 6) is 0.829. The van der Waals surface area contributed by atoms with Crippen molar-refractivity contribution < 1.29 is 23.4 Å². The Morgan fingerprint density at radius 1 is 1.14 bits per heavy atom. The lowest BCUT2D eigenvalue weighted by Gasteiger charge is -2.27. The molecular formula is C27H25F2N5O3. The Labute approximate surface area is 211 Å². The molecule has 0 saturated heterocycles. The monoisotopic (exact) mass is 505 g/mol. The molecule has 0 fully saturated rings. The van der Waals surface area contributed by atoms with Crippen molar-refractivity contribution in [2.24, 2.45) is 0 Å². The minimum Gasteiger partial charge on any atom is -0.434 e. The molecule has 2 aliphatic rings. The smallest absolute Gasteiger partial charge is 0.387 e. The van der Waals surface area contributed by atoms with E-state index >= 15 is 0 Å². The Bertz CT molecular complexity index is 1530. The van der Waals surface area contributed by atoms with Crippen LogP contribution < -0.4 is 4.74 Å². The quantitative estimate of drug-likeness (QED) is 0.418. The number of benzene rings is 2. The molecule has 6 rings (SSSR count). The van der Waals surface area contributed by atoms with Crippen molar-refractivity contribution in [3.63, 3.8) is 0 Å². The van der Waals surface area contributed by atoms with E-state index in [-0.39, 0.29) is 17.7 Å². The van der Waals surface area contributed by atoms with Crippen LogP contribution in [0, 0.1) is 0 Å². The van der Waals surface area contributed by atoms with Crippen LogP contribution in [0.5, 0.6) is 5.75 Å². The maximum absolute atomic E-state index is 13.5. The number of aromatic nitrogens is 4. The van der Waals surface area contributed by atoms with E-state index in [1.807, 2.05) is 29.7 Å². The van der Waals surface area contributed by atoms with Crippen LogP contribution in [0.25, 0.3) is 22.2 Å². The summed E-state index contributed by atoms with van der Waals surface area (Å²) < 4.78 is 33.6. The highest BCUT2D eigenvalue weighted by atomic mass is 19.3. The first-order valence-electron chi connectivity index (χ1n) is 12.1. The molecule has 2 aliphatic heterocycles. The van der Waals surface area contributed by atoms with Gasteiger partial charge in [0.2, 0.25) is 0 Å². The zero-order valence-electron chi connectivity index (χ0n) is 20.5. The molecule has 37 heavy (non-hydrogen) atoms. The van der Waals surface area contributed by atoms with Gasteiger partial charge in [-0.25, -0.2) is 15.0 Å². The molecule has 0 spiro atoms. The van der Waals surface area contributed by atoms with Crippen LogP contribution in [-0.2, 0) is 5.60 Å². The lowest BCUT2D eigenvalue weighted by atomic mass is 9.97. The SMILES string of the molecule is CCN1C(=O)c2cccc(OC(F)F)c2[C@H]2C[C@@H]1c1nc3ccc(-c4cnc(C(C)(C)O)nc4)cc3n12. The number of ether oxygens (including phenoxy) is 1. The Hall–Kier alpha value is -3.92. The Kier molecular flexibility index (Phi) is 5.27. The lowest BCUT2D eigenvalue weighted by Crippen LogP contribution is -2.34. The molecule has 10 heteroatoms. The zero-order valence-corrected chi connectivity index (χ0v) is 20.5. The normalized spacial score (nSPS) is 18.8. The van der Waals surface area contributed by atoms with Crippen molar-refractivity contribution in [3.05, 3.63) is 71.6 Å². The summed E-state index contributed by atoms with van der Waals surface area (Å²) in [5, 5.41) is 10.2. The first kappa shape index (κ1) is 23.5. The number of hydrogen-bond donors (Lipinski definition) is 1. The predicted octanol–water partition coefficient (Wildman–Crippen LogP) is 4.83. The minimum absolute atomic E-state index is 0.00372. The number of amides is 1. The van der Waals surface area contributed by atoms with E-state index in [9.17, 15) is 18.7 Å². The number of carbonyl (C=O) groups excluding carboxylic acids is 1. The molecule has 190 valence electrons. The van der Waals surface area contributed by atoms with E-state index in [1.54, 1.807) is 43.3 Å². The van der Waals surface area contributed by atoms with Gasteiger partial charge < -0.3 is 19.3 Å². The van der Waals surface area contributed by atoms with Gasteiger partial charge in [-0.2, -0.15) is 8.78 Å². The van der Waals surface area contributed by atoms with Gasteiger partial charge in [-0.05, 0) is 50.6 Å². The molecular weight excluding hydrogens is 480 g/mol. The maximum Gasteiger partial charge on any atom is 0.387 e. The average Bonchev–Trinajstić information content (AvgIpc) is 3.37. The standard InChI is InChI=1S/C27H25F2N5O3/c1-4-33-20-11-19(22-16(24(33)35)6-5-7-21(22)37-26(28)29)34-18-10-14(8-9-17(18)32-23(20)34)15-12-30-25(31-13-15)27(2,3)36/h5-10,12-13,19-20,26,36H,4,11H2,1-3H3/t19-,20-/m1/s1. The Morgan fingerprint density at radius 3 is 2.57 bits per heavy atom. The van der Waals surface area contributed by atoms with Crippen molar-refractivity contribution in [1.82, 2.24) is 24.4 Å². The summed E-state index contributed by atoms with van der Waals surface area (Å²) in [6.07, 6.45) is 3.84. The highest BCUT2D eigenvalue weighted by Gasteiger charge is 2.45. The number of hydrogen-bond acceptors (Lipinski definition) is 6. The average molecular weight is 506 g/mol. The number of rotatable bonds is 5. The second-order valence-electron chi connectivity index (χ2n) is 9.85. The molecule has 0 saturated carbocycles. The van der Waals surface area contributed by atoms with E-state index < -0.39 is 18.3 Å². The van der Waals surface area contributed by atoms with Crippen LogP contribution in [0.2, 0.25) is 0 Å². The van der Waals surface area contributed by atoms with Gasteiger partial charge in [0, 0.05) is 42.0 Å². The molecule has 4 heterocycles. The molecule has 1 N–H and O–H groups in total. The second-order valence-corrected chi connectivity index (χ2v) is 9.85. The molecule has 2 bridgehead atoms. The zero-order chi connectivity index (χ0) is 26.1. The predicted molar refractivity (Wildman–Crippen MR) is 131 cm³/mol. The highest BCUT2D eigenvalue weighted by molar-refractivity contribution is 5.98. The van der Waals surface area contributed by atoms with Crippen LogP contribution in [-0.4, -0.2) is 48.6 Å². The number of imidazole rings is 1. The second kappa shape index (κ2) is 8.31. The Balaban J connectivity index is 1.53. The number of aliphatic hydroxyl groups is 1. The van der Waals surface area contributed by atoms with Crippen LogP contribution in [0.15, 0.2) is 48.8 Å². The van der Waals surface area contributed by atoms with Crippen molar-refractivity contribution in [1.29, 1.82) is 0 Å². The van der Waals surface area contributed by atoms with Gasteiger partial charge in [0.25, 0.3) is 5.91 Å². The van der Waals surface area contributed by atoms with Gasteiger partial charge in [0.1, 0.15) is 17.2 Å². The molecule has 2 aromatic carbocycles. The van der Waals surface area contributed by atoms with Crippen molar-refractivity contribution in [3.8, 4) is 16.9 Å². The largest absolute Gasteiger partial charge is 0.434 e. The van der Waals surface area contributed by atoms with Crippen LogP contribution in [0.4, 0.5) is 8.78 Å². The molecule has 0 radical (unpaired) electrons. The Morgan fingerprint density at radius 2 is 1.89 bits per heavy atom. The summed E-state index contributed by atoms with van der Waals surface area (Å²) in [7, 11) is 0. The highest BCUT2D eigenvalue weighted by Crippen LogP contribution is 2.50. The third-order valence-corrected chi connectivity index (χ3v) is 7.13. The van der Waals surface area contributed by atoms with E-state index in [0.29, 0.717) is 29.9 Å². The third kappa shape index (κ3) is 3.66. The topological polar surface area (TPSA) is 93.4 Å². The van der Waals surface area contributed by atoms with Crippen molar-refractivity contribution in [2.45, 2.75) is 51.5 Å². The van der Waals surface area contributed by atoms with Gasteiger partial charge in [-0.3, -0.25) is 4.79 Å². The van der Waals surface area contributed by atoms with Gasteiger partial charge in [0.15, 0.2) is 5.82 Å². The minimum atomic E-state index is -3.01. The first-order valence-corrected chi connectivity index (χ1v) is 12.1. The van der Waals surface area contributed by atoms with Crippen molar-refractivity contribution in [2.75, 3.05) is 6.54 Å².